The topological polar surface area (TPSA) is 97.9 Å². The van der Waals surface area contributed by atoms with Crippen molar-refractivity contribution < 1.29 is 23.9 Å². The van der Waals surface area contributed by atoms with E-state index in [1.807, 2.05) is 11.0 Å². The number of fused-ring (bicyclic) bond motifs is 1. The van der Waals surface area contributed by atoms with Gasteiger partial charge in [-0.3, -0.25) is 9.69 Å². The van der Waals surface area contributed by atoms with Crippen molar-refractivity contribution in [2.45, 2.75) is 31.8 Å². The van der Waals surface area contributed by atoms with Crippen molar-refractivity contribution in [2.24, 2.45) is 0 Å². The molecule has 2 aromatic rings. The summed E-state index contributed by atoms with van der Waals surface area (Å²) in [5.74, 6) is 1.41. The summed E-state index contributed by atoms with van der Waals surface area (Å²) in [4.78, 5) is 17.6. The molecule has 0 radical (unpaired) electrons. The van der Waals surface area contributed by atoms with Crippen molar-refractivity contribution in [3.05, 3.63) is 24.1 Å². The summed E-state index contributed by atoms with van der Waals surface area (Å²) in [5.41, 5.74) is 0.766. The number of benzene rings is 1. The number of carbonyl (C=O) groups is 1. The Labute approximate surface area is 138 Å². The molecule has 1 aromatic heterocycles. The van der Waals surface area contributed by atoms with Crippen molar-refractivity contribution in [1.82, 2.24) is 15.0 Å². The van der Waals surface area contributed by atoms with Crippen LogP contribution in [0.1, 0.15) is 25.2 Å². The molecule has 8 heteroatoms. The molecule has 0 bridgehead atoms. The van der Waals surface area contributed by atoms with Crippen LogP contribution in [-0.2, 0) is 11.3 Å². The number of carboxylic acids is 1. The summed E-state index contributed by atoms with van der Waals surface area (Å²) in [6.07, 6.45) is 2.56. The number of hydrogen-bond acceptors (Lipinski definition) is 7. The second kappa shape index (κ2) is 6.12. The van der Waals surface area contributed by atoms with E-state index in [4.69, 9.17) is 14.0 Å². The predicted molar refractivity (Wildman–Crippen MR) is 81.5 cm³/mol. The van der Waals surface area contributed by atoms with Gasteiger partial charge in [-0.25, -0.2) is 0 Å². The van der Waals surface area contributed by atoms with Crippen molar-refractivity contribution in [3.63, 3.8) is 0 Å². The van der Waals surface area contributed by atoms with E-state index in [9.17, 15) is 9.90 Å². The number of likely N-dealkylation sites (tertiary alicyclic amines) is 1. The molecule has 1 unspecified atom stereocenters. The first-order chi connectivity index (χ1) is 11.7. The van der Waals surface area contributed by atoms with Gasteiger partial charge in [0.25, 0.3) is 0 Å². The van der Waals surface area contributed by atoms with Crippen LogP contribution in [0, 0.1) is 0 Å². The number of piperidine rings is 1. The van der Waals surface area contributed by atoms with Gasteiger partial charge in [-0.05, 0) is 37.6 Å². The average Bonchev–Trinajstić information content (AvgIpc) is 3.23. The molecule has 1 fully saturated rings. The highest BCUT2D eigenvalue weighted by Crippen LogP contribution is 2.35. The summed E-state index contributed by atoms with van der Waals surface area (Å²) in [5, 5.41) is 13.3. The quantitative estimate of drug-likeness (QED) is 0.907. The van der Waals surface area contributed by atoms with Gasteiger partial charge < -0.3 is 19.1 Å². The molecule has 1 N–H and O–H groups in total. The molecule has 0 spiro atoms. The van der Waals surface area contributed by atoms with Crippen LogP contribution in [-0.4, -0.2) is 45.5 Å². The number of hydrogen-bond donors (Lipinski definition) is 1. The highest BCUT2D eigenvalue weighted by atomic mass is 16.7. The summed E-state index contributed by atoms with van der Waals surface area (Å²) < 4.78 is 15.9. The molecule has 126 valence electrons. The molecular weight excluding hydrogens is 314 g/mol. The van der Waals surface area contributed by atoms with Crippen LogP contribution in [0.4, 0.5) is 0 Å². The van der Waals surface area contributed by atoms with Crippen molar-refractivity contribution >= 4 is 5.97 Å². The second-order valence-corrected chi connectivity index (χ2v) is 5.90. The molecule has 4 rings (SSSR count). The van der Waals surface area contributed by atoms with Gasteiger partial charge in [0.15, 0.2) is 11.5 Å². The lowest BCUT2D eigenvalue weighted by molar-refractivity contribution is -0.145. The van der Waals surface area contributed by atoms with Gasteiger partial charge >= 0.3 is 5.97 Å². The van der Waals surface area contributed by atoms with Gasteiger partial charge in [-0.1, -0.05) is 11.6 Å². The van der Waals surface area contributed by atoms with Crippen LogP contribution >= 0.6 is 0 Å². The third-order valence-corrected chi connectivity index (χ3v) is 4.34. The zero-order valence-electron chi connectivity index (χ0n) is 13.0. The molecule has 2 aliphatic heterocycles. The number of ether oxygens (including phenoxy) is 2. The molecule has 0 amide bonds. The van der Waals surface area contributed by atoms with Gasteiger partial charge in [-0.15, -0.1) is 0 Å². The summed E-state index contributed by atoms with van der Waals surface area (Å²) in [6, 6.07) is 4.96. The smallest absolute Gasteiger partial charge is 0.320 e. The Bertz CT molecular complexity index is 760. The third-order valence-electron chi connectivity index (χ3n) is 4.34. The molecule has 1 atom stereocenters. The van der Waals surface area contributed by atoms with E-state index in [-0.39, 0.29) is 6.79 Å². The minimum Gasteiger partial charge on any atom is -0.480 e. The maximum absolute atomic E-state index is 11.4. The molecule has 8 nitrogen and oxygen atoms in total. The van der Waals surface area contributed by atoms with Crippen molar-refractivity contribution in [2.75, 3.05) is 13.3 Å². The van der Waals surface area contributed by atoms with Crippen LogP contribution in [0.5, 0.6) is 11.5 Å². The molecule has 1 saturated heterocycles. The first kappa shape index (κ1) is 14.9. The molecule has 2 aliphatic rings. The molecule has 0 saturated carbocycles. The van der Waals surface area contributed by atoms with Crippen molar-refractivity contribution in [1.29, 1.82) is 0 Å². The Morgan fingerprint density at radius 3 is 3.04 bits per heavy atom. The number of aromatic nitrogens is 2. The van der Waals surface area contributed by atoms with Crippen LogP contribution in [0.2, 0.25) is 0 Å². The Hall–Kier alpha value is -2.61. The zero-order valence-corrected chi connectivity index (χ0v) is 13.0. The SMILES string of the molecule is O=C(O)C1CCCCN1Cc1nc(-c2ccc3c(c2)OCO3)no1. The summed E-state index contributed by atoms with van der Waals surface area (Å²) in [7, 11) is 0. The van der Waals surface area contributed by atoms with E-state index in [1.54, 1.807) is 12.1 Å². The molecule has 3 heterocycles. The first-order valence-corrected chi connectivity index (χ1v) is 7.90. The van der Waals surface area contributed by atoms with Gasteiger partial charge in [0, 0.05) is 5.56 Å². The Morgan fingerprint density at radius 1 is 1.29 bits per heavy atom. The fraction of sp³-hybridized carbons (Fsp3) is 0.438. The zero-order chi connectivity index (χ0) is 16.5. The lowest BCUT2D eigenvalue weighted by atomic mass is 10.0. The molecule has 24 heavy (non-hydrogen) atoms. The maximum Gasteiger partial charge on any atom is 0.320 e. The molecule has 0 aliphatic carbocycles. The third kappa shape index (κ3) is 2.80. The second-order valence-electron chi connectivity index (χ2n) is 5.90. The van der Waals surface area contributed by atoms with Gasteiger partial charge in [0.05, 0.1) is 6.54 Å². The summed E-state index contributed by atoms with van der Waals surface area (Å²) in [6.45, 7) is 1.27. The first-order valence-electron chi connectivity index (χ1n) is 7.90. The highest BCUT2D eigenvalue weighted by Gasteiger charge is 2.29. The van der Waals surface area contributed by atoms with Crippen LogP contribution < -0.4 is 9.47 Å². The predicted octanol–water partition coefficient (Wildman–Crippen LogP) is 1.90. The molecule has 1 aromatic carbocycles. The van der Waals surface area contributed by atoms with Crippen LogP contribution in [0.25, 0.3) is 11.4 Å². The van der Waals surface area contributed by atoms with E-state index in [0.29, 0.717) is 36.2 Å². The Balaban J connectivity index is 1.51. The number of carboxylic acid groups (broad SMARTS) is 1. The molecular formula is C16H17N3O5. The van der Waals surface area contributed by atoms with E-state index in [2.05, 4.69) is 10.1 Å². The standard InChI is InChI=1S/C16H17N3O5/c20-16(21)11-3-1-2-6-19(11)8-14-17-15(18-24-14)10-4-5-12-13(7-10)23-9-22-12/h4-5,7,11H,1-3,6,8-9H2,(H,20,21). The number of aliphatic carboxylic acids is 1. The van der Waals surface area contributed by atoms with Gasteiger partial charge in [0.1, 0.15) is 6.04 Å². The summed E-state index contributed by atoms with van der Waals surface area (Å²) >= 11 is 0. The lowest BCUT2D eigenvalue weighted by Crippen LogP contribution is -2.44. The monoisotopic (exact) mass is 331 g/mol. The average molecular weight is 331 g/mol. The fourth-order valence-corrected chi connectivity index (χ4v) is 3.11. The lowest BCUT2D eigenvalue weighted by Gasteiger charge is -2.31. The minimum absolute atomic E-state index is 0.210. The van der Waals surface area contributed by atoms with E-state index >= 15 is 0 Å². The van der Waals surface area contributed by atoms with Crippen LogP contribution in [0.15, 0.2) is 22.7 Å². The van der Waals surface area contributed by atoms with Gasteiger partial charge in [0.2, 0.25) is 18.5 Å². The maximum atomic E-state index is 11.4. The minimum atomic E-state index is -0.801. The number of rotatable bonds is 4. The largest absolute Gasteiger partial charge is 0.480 e. The van der Waals surface area contributed by atoms with E-state index in [1.165, 1.54) is 0 Å². The van der Waals surface area contributed by atoms with Gasteiger partial charge in [-0.2, -0.15) is 4.98 Å². The van der Waals surface area contributed by atoms with E-state index < -0.39 is 12.0 Å². The Morgan fingerprint density at radius 2 is 2.17 bits per heavy atom. The van der Waals surface area contributed by atoms with E-state index in [0.717, 1.165) is 24.9 Å². The Kier molecular flexibility index (Phi) is 3.81. The normalized spacial score (nSPS) is 20.2. The van der Waals surface area contributed by atoms with Crippen LogP contribution in [0.3, 0.4) is 0 Å². The number of nitrogens with zero attached hydrogens (tertiary/aromatic N) is 3. The van der Waals surface area contributed by atoms with Crippen molar-refractivity contribution in [3.8, 4) is 22.9 Å². The fourth-order valence-electron chi connectivity index (χ4n) is 3.11. The highest BCUT2D eigenvalue weighted by molar-refractivity contribution is 5.73.